The average Bonchev–Trinajstić information content (AvgIpc) is 3.11. The first-order chi connectivity index (χ1) is 14.1. The van der Waals surface area contributed by atoms with Crippen molar-refractivity contribution >= 4 is 22.9 Å². The molecule has 0 spiro atoms. The van der Waals surface area contributed by atoms with E-state index in [1.54, 1.807) is 18.7 Å². The molecule has 1 amide bonds. The lowest BCUT2D eigenvalue weighted by atomic mass is 10.0. The molecule has 1 aliphatic rings. The van der Waals surface area contributed by atoms with Gasteiger partial charge in [0, 0.05) is 44.5 Å². The first-order valence-corrected chi connectivity index (χ1v) is 10.1. The molecule has 4 heterocycles. The fourth-order valence-electron chi connectivity index (χ4n) is 3.78. The molecule has 9 heteroatoms. The molecule has 29 heavy (non-hydrogen) atoms. The van der Waals surface area contributed by atoms with Crippen molar-refractivity contribution in [2.75, 3.05) is 18.4 Å². The van der Waals surface area contributed by atoms with Gasteiger partial charge in [0.2, 0.25) is 5.91 Å². The Hall–Kier alpha value is -3.10. The molecule has 3 aromatic rings. The van der Waals surface area contributed by atoms with Crippen molar-refractivity contribution in [1.29, 1.82) is 0 Å². The predicted molar refractivity (Wildman–Crippen MR) is 110 cm³/mol. The number of nitrogens with zero attached hydrogens (tertiary/aromatic N) is 7. The molecule has 152 valence electrons. The molecular weight excluding hydrogens is 368 g/mol. The molecule has 4 rings (SSSR count). The Balaban J connectivity index is 1.67. The summed E-state index contributed by atoms with van der Waals surface area (Å²) in [6.07, 6.45) is 7.43. The summed E-state index contributed by atoms with van der Waals surface area (Å²) < 4.78 is 2.05. The number of piperidine rings is 1. The molecule has 1 N–H and O–H groups in total. The highest BCUT2D eigenvalue weighted by Crippen LogP contribution is 2.27. The van der Waals surface area contributed by atoms with Gasteiger partial charge in [0.1, 0.15) is 18.0 Å². The smallest absolute Gasteiger partial charge is 0.222 e. The van der Waals surface area contributed by atoms with Crippen LogP contribution in [0, 0.1) is 6.92 Å². The topological polar surface area (TPSA) is 102 Å². The zero-order valence-electron chi connectivity index (χ0n) is 17.1. The van der Waals surface area contributed by atoms with E-state index in [-0.39, 0.29) is 11.9 Å². The Kier molecular flexibility index (Phi) is 5.37. The standard InChI is InChI=1S/C20H26N8O/c1-4-8-27-11-15(6-7-16(27)29)25-18-17-20(24-12-23-18)28(5-2)19(26-17)14-9-21-13(3)22-10-14/h9-10,12,15H,4-8,11H2,1-3H3,(H,23,24,25). The number of carbonyl (C=O) groups excluding carboxylic acids is 1. The number of aryl methyl sites for hydroxylation is 2. The summed E-state index contributed by atoms with van der Waals surface area (Å²) in [5, 5.41) is 3.51. The van der Waals surface area contributed by atoms with E-state index < -0.39 is 0 Å². The summed E-state index contributed by atoms with van der Waals surface area (Å²) in [6.45, 7) is 8.20. The van der Waals surface area contributed by atoms with Gasteiger partial charge in [0.25, 0.3) is 0 Å². The zero-order chi connectivity index (χ0) is 20.4. The number of hydrogen-bond acceptors (Lipinski definition) is 7. The lowest BCUT2D eigenvalue weighted by Crippen LogP contribution is -2.45. The van der Waals surface area contributed by atoms with E-state index in [1.807, 2.05) is 16.4 Å². The van der Waals surface area contributed by atoms with E-state index in [0.29, 0.717) is 18.8 Å². The third kappa shape index (κ3) is 3.76. The second-order valence-electron chi connectivity index (χ2n) is 7.31. The van der Waals surface area contributed by atoms with E-state index in [4.69, 9.17) is 4.98 Å². The second kappa shape index (κ2) is 8.10. The van der Waals surface area contributed by atoms with Crippen LogP contribution in [0.1, 0.15) is 38.9 Å². The number of rotatable bonds is 6. The number of aromatic nitrogens is 6. The minimum absolute atomic E-state index is 0.148. The molecule has 0 radical (unpaired) electrons. The number of amides is 1. The van der Waals surface area contributed by atoms with Crippen LogP contribution in [-0.4, -0.2) is 59.4 Å². The molecule has 1 unspecified atom stereocenters. The highest BCUT2D eigenvalue weighted by Gasteiger charge is 2.26. The van der Waals surface area contributed by atoms with Gasteiger partial charge in [-0.2, -0.15) is 0 Å². The summed E-state index contributed by atoms with van der Waals surface area (Å²) >= 11 is 0. The Morgan fingerprint density at radius 2 is 1.97 bits per heavy atom. The quantitative estimate of drug-likeness (QED) is 0.685. The van der Waals surface area contributed by atoms with Gasteiger partial charge in [-0.05, 0) is 26.7 Å². The molecule has 0 aliphatic carbocycles. The Labute approximate surface area is 169 Å². The van der Waals surface area contributed by atoms with Crippen LogP contribution in [0.15, 0.2) is 18.7 Å². The number of anilines is 1. The van der Waals surface area contributed by atoms with Crippen LogP contribution in [0.5, 0.6) is 0 Å². The maximum absolute atomic E-state index is 12.1. The van der Waals surface area contributed by atoms with Gasteiger partial charge in [0.15, 0.2) is 17.0 Å². The van der Waals surface area contributed by atoms with E-state index in [0.717, 1.165) is 54.3 Å². The maximum atomic E-state index is 12.1. The number of fused-ring (bicyclic) bond motifs is 1. The minimum atomic E-state index is 0.148. The third-order valence-electron chi connectivity index (χ3n) is 5.22. The summed E-state index contributed by atoms with van der Waals surface area (Å²) in [4.78, 5) is 36.4. The molecule has 1 saturated heterocycles. The van der Waals surface area contributed by atoms with Crippen LogP contribution in [0.4, 0.5) is 5.82 Å². The van der Waals surface area contributed by atoms with Gasteiger partial charge in [-0.1, -0.05) is 6.92 Å². The van der Waals surface area contributed by atoms with Gasteiger partial charge < -0.3 is 14.8 Å². The molecule has 1 atom stereocenters. The number of carbonyl (C=O) groups is 1. The van der Waals surface area contributed by atoms with Gasteiger partial charge >= 0.3 is 0 Å². The van der Waals surface area contributed by atoms with Crippen molar-refractivity contribution in [3.63, 3.8) is 0 Å². The molecule has 1 aliphatic heterocycles. The molecule has 9 nitrogen and oxygen atoms in total. The lowest BCUT2D eigenvalue weighted by molar-refractivity contribution is -0.133. The van der Waals surface area contributed by atoms with Gasteiger partial charge in [-0.3, -0.25) is 4.79 Å². The molecular formula is C20H26N8O. The van der Waals surface area contributed by atoms with Gasteiger partial charge in [-0.15, -0.1) is 0 Å². The Morgan fingerprint density at radius 1 is 1.17 bits per heavy atom. The Bertz CT molecular complexity index is 1010. The van der Waals surface area contributed by atoms with Crippen LogP contribution in [0.25, 0.3) is 22.6 Å². The zero-order valence-corrected chi connectivity index (χ0v) is 17.1. The monoisotopic (exact) mass is 394 g/mol. The number of imidazole rings is 1. The van der Waals surface area contributed by atoms with Crippen LogP contribution < -0.4 is 5.32 Å². The van der Waals surface area contributed by atoms with Gasteiger partial charge in [0.05, 0.1) is 5.56 Å². The molecule has 3 aromatic heterocycles. The van der Waals surface area contributed by atoms with Crippen molar-refractivity contribution in [2.24, 2.45) is 0 Å². The Morgan fingerprint density at radius 3 is 2.69 bits per heavy atom. The van der Waals surface area contributed by atoms with Crippen LogP contribution >= 0.6 is 0 Å². The van der Waals surface area contributed by atoms with Crippen LogP contribution in [-0.2, 0) is 11.3 Å². The van der Waals surface area contributed by atoms with E-state index in [9.17, 15) is 4.79 Å². The minimum Gasteiger partial charge on any atom is -0.364 e. The van der Waals surface area contributed by atoms with Crippen LogP contribution in [0.2, 0.25) is 0 Å². The van der Waals surface area contributed by atoms with E-state index in [2.05, 4.69) is 39.1 Å². The molecule has 1 fully saturated rings. The van der Waals surface area contributed by atoms with Crippen molar-refractivity contribution in [3.8, 4) is 11.4 Å². The molecule has 0 saturated carbocycles. The highest BCUT2D eigenvalue weighted by atomic mass is 16.2. The van der Waals surface area contributed by atoms with E-state index in [1.165, 1.54) is 0 Å². The molecule has 0 aromatic carbocycles. The predicted octanol–water partition coefficient (Wildman–Crippen LogP) is 2.42. The SMILES string of the molecule is CCCN1CC(Nc2ncnc3c2nc(-c2cnc(C)nc2)n3CC)CCC1=O. The molecule has 0 bridgehead atoms. The van der Waals surface area contributed by atoms with Crippen LogP contribution in [0.3, 0.4) is 0 Å². The fourth-order valence-corrected chi connectivity index (χ4v) is 3.78. The van der Waals surface area contributed by atoms with E-state index >= 15 is 0 Å². The lowest BCUT2D eigenvalue weighted by Gasteiger charge is -2.33. The third-order valence-corrected chi connectivity index (χ3v) is 5.22. The summed E-state index contributed by atoms with van der Waals surface area (Å²) in [7, 11) is 0. The van der Waals surface area contributed by atoms with Gasteiger partial charge in [-0.25, -0.2) is 24.9 Å². The van der Waals surface area contributed by atoms with Crippen molar-refractivity contribution in [2.45, 2.75) is 52.6 Å². The maximum Gasteiger partial charge on any atom is 0.222 e. The highest BCUT2D eigenvalue weighted by molar-refractivity contribution is 5.86. The first kappa shape index (κ1) is 19.2. The number of hydrogen-bond donors (Lipinski definition) is 1. The summed E-state index contributed by atoms with van der Waals surface area (Å²) in [5.41, 5.74) is 2.35. The van der Waals surface area contributed by atoms with Crippen molar-refractivity contribution in [3.05, 3.63) is 24.5 Å². The summed E-state index contributed by atoms with van der Waals surface area (Å²) in [5.74, 6) is 2.43. The fraction of sp³-hybridized carbons (Fsp3) is 0.500. The normalized spacial score (nSPS) is 17.1. The number of likely N-dealkylation sites (tertiary alicyclic amines) is 1. The average molecular weight is 394 g/mol. The number of nitrogens with one attached hydrogen (secondary N) is 1. The second-order valence-corrected chi connectivity index (χ2v) is 7.31. The van der Waals surface area contributed by atoms with Crippen molar-refractivity contribution in [1.82, 2.24) is 34.4 Å². The summed E-state index contributed by atoms with van der Waals surface area (Å²) in [6, 6.07) is 0.148. The van der Waals surface area contributed by atoms with Crippen molar-refractivity contribution < 1.29 is 4.79 Å². The first-order valence-electron chi connectivity index (χ1n) is 10.1. The largest absolute Gasteiger partial charge is 0.364 e.